The van der Waals surface area contributed by atoms with Crippen molar-refractivity contribution in [1.82, 2.24) is 9.97 Å². The first-order valence-electron chi connectivity index (χ1n) is 4.81. The second-order valence-electron chi connectivity index (χ2n) is 3.34. The van der Waals surface area contributed by atoms with Gasteiger partial charge in [0, 0.05) is 13.6 Å². The van der Waals surface area contributed by atoms with Crippen molar-refractivity contribution in [3.63, 3.8) is 0 Å². The van der Waals surface area contributed by atoms with Gasteiger partial charge in [-0.15, -0.1) is 0 Å². The topological polar surface area (TPSA) is 55.3 Å². The standard InChI is InChI=1S/C10H14FN3O2/c1-7-9(11)10(13-6-12-7)14(2)5-4-8(15)16-3/h6H,4-5H2,1-3H3. The molecule has 1 rings (SSSR count). The number of anilines is 1. The summed E-state index contributed by atoms with van der Waals surface area (Å²) in [5.41, 5.74) is 0.287. The second kappa shape index (κ2) is 5.39. The molecule has 0 atom stereocenters. The average molecular weight is 227 g/mol. The number of ether oxygens (including phenoxy) is 1. The Labute approximate surface area is 93.3 Å². The second-order valence-corrected chi connectivity index (χ2v) is 3.34. The van der Waals surface area contributed by atoms with Crippen LogP contribution in [0.15, 0.2) is 6.33 Å². The molecule has 5 nitrogen and oxygen atoms in total. The normalized spacial score (nSPS) is 10.0. The molecule has 0 fully saturated rings. The lowest BCUT2D eigenvalue weighted by molar-refractivity contribution is -0.140. The van der Waals surface area contributed by atoms with Crippen molar-refractivity contribution >= 4 is 11.8 Å². The molecule has 6 heteroatoms. The van der Waals surface area contributed by atoms with Crippen molar-refractivity contribution in [2.24, 2.45) is 0 Å². The SMILES string of the molecule is COC(=O)CCN(C)c1ncnc(C)c1F. The summed E-state index contributed by atoms with van der Waals surface area (Å²) < 4.78 is 18.1. The molecule has 0 aliphatic rings. The number of rotatable bonds is 4. The van der Waals surface area contributed by atoms with Gasteiger partial charge in [0.25, 0.3) is 0 Å². The fourth-order valence-corrected chi connectivity index (χ4v) is 1.18. The van der Waals surface area contributed by atoms with Crippen molar-refractivity contribution in [3.05, 3.63) is 17.8 Å². The number of methoxy groups -OCH3 is 1. The van der Waals surface area contributed by atoms with Crippen LogP contribution >= 0.6 is 0 Å². The number of halogens is 1. The first-order valence-corrected chi connectivity index (χ1v) is 4.81. The minimum Gasteiger partial charge on any atom is -0.469 e. The van der Waals surface area contributed by atoms with Gasteiger partial charge in [0.05, 0.1) is 19.2 Å². The Morgan fingerprint density at radius 1 is 1.56 bits per heavy atom. The average Bonchev–Trinajstić information content (AvgIpc) is 2.29. The molecule has 0 N–H and O–H groups in total. The number of esters is 1. The van der Waals surface area contributed by atoms with Crippen LogP contribution in [0.5, 0.6) is 0 Å². The van der Waals surface area contributed by atoms with Gasteiger partial charge >= 0.3 is 5.97 Å². The van der Waals surface area contributed by atoms with Crippen molar-refractivity contribution in [2.75, 3.05) is 25.6 Å². The van der Waals surface area contributed by atoms with E-state index in [-0.39, 0.29) is 23.9 Å². The largest absolute Gasteiger partial charge is 0.469 e. The van der Waals surface area contributed by atoms with E-state index < -0.39 is 5.82 Å². The maximum absolute atomic E-state index is 13.6. The quantitative estimate of drug-likeness (QED) is 0.716. The van der Waals surface area contributed by atoms with Crippen LogP contribution < -0.4 is 4.90 Å². The van der Waals surface area contributed by atoms with E-state index in [4.69, 9.17) is 0 Å². The molecular formula is C10H14FN3O2. The summed E-state index contributed by atoms with van der Waals surface area (Å²) in [7, 11) is 2.98. The van der Waals surface area contributed by atoms with Crippen LogP contribution in [0.1, 0.15) is 12.1 Å². The monoisotopic (exact) mass is 227 g/mol. The fraction of sp³-hybridized carbons (Fsp3) is 0.500. The van der Waals surface area contributed by atoms with Crippen molar-refractivity contribution in [1.29, 1.82) is 0 Å². The molecule has 0 spiro atoms. The molecule has 0 radical (unpaired) electrons. The van der Waals surface area contributed by atoms with Crippen LogP contribution in [-0.4, -0.2) is 36.6 Å². The number of aryl methyl sites for hydroxylation is 1. The van der Waals surface area contributed by atoms with Crippen molar-refractivity contribution < 1.29 is 13.9 Å². The van der Waals surface area contributed by atoms with Crippen LogP contribution in [-0.2, 0) is 9.53 Å². The minimum absolute atomic E-state index is 0.190. The highest BCUT2D eigenvalue weighted by Gasteiger charge is 2.13. The smallest absolute Gasteiger partial charge is 0.307 e. The molecule has 0 aromatic carbocycles. The van der Waals surface area contributed by atoms with Crippen molar-refractivity contribution in [2.45, 2.75) is 13.3 Å². The van der Waals surface area contributed by atoms with Gasteiger partial charge in [0.1, 0.15) is 6.33 Å². The summed E-state index contributed by atoms with van der Waals surface area (Å²) in [6, 6.07) is 0. The van der Waals surface area contributed by atoms with E-state index >= 15 is 0 Å². The van der Waals surface area contributed by atoms with Gasteiger partial charge < -0.3 is 9.64 Å². The van der Waals surface area contributed by atoms with Gasteiger partial charge in [-0.25, -0.2) is 14.4 Å². The summed E-state index contributed by atoms with van der Waals surface area (Å²) in [5, 5.41) is 0. The molecule has 0 aliphatic carbocycles. The predicted octanol–water partition coefficient (Wildman–Crippen LogP) is 0.923. The molecule has 1 heterocycles. The van der Waals surface area contributed by atoms with Crippen LogP contribution in [0.25, 0.3) is 0 Å². The van der Waals surface area contributed by atoms with Crippen molar-refractivity contribution in [3.8, 4) is 0 Å². The Kier molecular flexibility index (Phi) is 4.16. The van der Waals surface area contributed by atoms with E-state index in [0.29, 0.717) is 6.54 Å². The molecule has 0 aliphatic heterocycles. The lowest BCUT2D eigenvalue weighted by Gasteiger charge is -2.18. The van der Waals surface area contributed by atoms with Crippen LogP contribution in [0.3, 0.4) is 0 Å². The molecule has 0 amide bonds. The highest BCUT2D eigenvalue weighted by molar-refractivity contribution is 5.69. The van der Waals surface area contributed by atoms with Gasteiger partial charge in [-0.2, -0.15) is 0 Å². The van der Waals surface area contributed by atoms with Gasteiger partial charge in [-0.3, -0.25) is 4.79 Å². The van der Waals surface area contributed by atoms with E-state index in [2.05, 4.69) is 14.7 Å². The zero-order valence-corrected chi connectivity index (χ0v) is 9.53. The van der Waals surface area contributed by atoms with Gasteiger partial charge in [-0.1, -0.05) is 0 Å². The van der Waals surface area contributed by atoms with E-state index in [1.807, 2.05) is 0 Å². The minimum atomic E-state index is -0.463. The molecule has 1 aromatic rings. The molecular weight excluding hydrogens is 213 g/mol. The summed E-state index contributed by atoms with van der Waals surface area (Å²) in [4.78, 5) is 20.0. The fourth-order valence-electron chi connectivity index (χ4n) is 1.18. The Morgan fingerprint density at radius 3 is 2.88 bits per heavy atom. The van der Waals surface area contributed by atoms with Gasteiger partial charge in [0.2, 0.25) is 0 Å². The zero-order valence-electron chi connectivity index (χ0n) is 9.53. The number of aromatic nitrogens is 2. The lowest BCUT2D eigenvalue weighted by atomic mass is 10.3. The third-order valence-corrected chi connectivity index (χ3v) is 2.19. The predicted molar refractivity (Wildman–Crippen MR) is 56.6 cm³/mol. The Hall–Kier alpha value is -1.72. The first-order chi connectivity index (χ1) is 7.56. The molecule has 0 saturated heterocycles. The molecule has 0 saturated carbocycles. The van der Waals surface area contributed by atoms with Crippen LogP contribution in [0.4, 0.5) is 10.2 Å². The zero-order chi connectivity index (χ0) is 12.1. The van der Waals surface area contributed by atoms with Crippen LogP contribution in [0.2, 0.25) is 0 Å². The lowest BCUT2D eigenvalue weighted by Crippen LogP contribution is -2.24. The molecule has 16 heavy (non-hydrogen) atoms. The maximum atomic E-state index is 13.6. The molecule has 0 unspecified atom stereocenters. The molecule has 0 bridgehead atoms. The maximum Gasteiger partial charge on any atom is 0.307 e. The van der Waals surface area contributed by atoms with E-state index in [9.17, 15) is 9.18 Å². The highest BCUT2D eigenvalue weighted by Crippen LogP contribution is 2.15. The van der Waals surface area contributed by atoms with E-state index in [1.165, 1.54) is 13.4 Å². The number of hydrogen-bond acceptors (Lipinski definition) is 5. The number of nitrogens with zero attached hydrogens (tertiary/aromatic N) is 3. The number of carbonyl (C=O) groups is 1. The summed E-state index contributed by atoms with van der Waals surface area (Å²) in [5.74, 6) is -0.607. The molecule has 88 valence electrons. The van der Waals surface area contributed by atoms with E-state index in [0.717, 1.165) is 0 Å². The Bertz CT molecular complexity index is 384. The third-order valence-electron chi connectivity index (χ3n) is 2.19. The number of hydrogen-bond donors (Lipinski definition) is 0. The Balaban J connectivity index is 2.69. The van der Waals surface area contributed by atoms with E-state index in [1.54, 1.807) is 18.9 Å². The van der Waals surface area contributed by atoms with Crippen LogP contribution in [0, 0.1) is 12.7 Å². The first kappa shape index (κ1) is 12.4. The summed E-state index contributed by atoms with van der Waals surface area (Å²) in [6.07, 6.45) is 1.48. The summed E-state index contributed by atoms with van der Waals surface area (Å²) >= 11 is 0. The Morgan fingerprint density at radius 2 is 2.25 bits per heavy atom. The molecule has 1 aromatic heterocycles. The number of carbonyl (C=O) groups excluding carboxylic acids is 1. The van der Waals surface area contributed by atoms with Gasteiger partial charge in [0.15, 0.2) is 11.6 Å². The highest BCUT2D eigenvalue weighted by atomic mass is 19.1. The third kappa shape index (κ3) is 2.88. The summed E-state index contributed by atoms with van der Waals surface area (Å²) in [6.45, 7) is 1.91. The van der Waals surface area contributed by atoms with Gasteiger partial charge in [-0.05, 0) is 6.92 Å².